The highest BCUT2D eigenvalue weighted by Gasteiger charge is 2.46. The van der Waals surface area contributed by atoms with Gasteiger partial charge < -0.3 is 9.47 Å². The van der Waals surface area contributed by atoms with Crippen LogP contribution in [0, 0.1) is 27.6 Å². The van der Waals surface area contributed by atoms with Gasteiger partial charge in [-0.15, -0.1) is 0 Å². The Kier molecular flexibility index (Phi) is 12.9. The van der Waals surface area contributed by atoms with Gasteiger partial charge in [0, 0.05) is 6.61 Å². The van der Waals surface area contributed by atoms with Crippen LogP contribution in [-0.4, -0.2) is 25.9 Å². The monoisotopic (exact) mass is 512 g/mol. The second kappa shape index (κ2) is 14.1. The first-order chi connectivity index (χ1) is 17.0. The summed E-state index contributed by atoms with van der Waals surface area (Å²) in [5.41, 5.74) is 3.85. The Morgan fingerprint density at radius 3 is 1.97 bits per heavy atom. The molecule has 2 rings (SSSR count). The van der Waals surface area contributed by atoms with Gasteiger partial charge in [0.2, 0.25) is 0 Å². The van der Waals surface area contributed by atoms with E-state index in [1.54, 1.807) is 0 Å². The zero-order valence-electron chi connectivity index (χ0n) is 26.7. The van der Waals surface area contributed by atoms with E-state index in [2.05, 4.69) is 132 Å². The Hall–Kier alpha value is -1.38. The molecule has 0 aromatic heterocycles. The van der Waals surface area contributed by atoms with Crippen molar-refractivity contribution < 1.29 is 9.47 Å². The largest absolute Gasteiger partial charge is 0.379 e. The number of hydrogen-bond donors (Lipinski definition) is 0. The van der Waals surface area contributed by atoms with Crippen LogP contribution in [0.15, 0.2) is 54.1 Å². The average molecular weight is 513 g/mol. The number of epoxide rings is 1. The van der Waals surface area contributed by atoms with Crippen LogP contribution in [0.1, 0.15) is 114 Å². The SMILES string of the molecule is C/C=C\C=C(/C)C(CC(C)(C)C(C)(C)C(CC(C)(C)C)c1ccccc1)C(C)(C)C.CCOCC1CO1. The van der Waals surface area contributed by atoms with Crippen molar-refractivity contribution in [2.24, 2.45) is 27.6 Å². The maximum absolute atomic E-state index is 5.03. The van der Waals surface area contributed by atoms with Crippen molar-refractivity contribution in [3.05, 3.63) is 59.7 Å². The highest BCUT2D eigenvalue weighted by atomic mass is 16.6. The molecule has 1 aliphatic rings. The van der Waals surface area contributed by atoms with Crippen LogP contribution in [-0.2, 0) is 9.47 Å². The summed E-state index contributed by atoms with van der Waals surface area (Å²) in [6.45, 7) is 33.3. The zero-order chi connectivity index (χ0) is 28.5. The minimum absolute atomic E-state index is 0.159. The van der Waals surface area contributed by atoms with Gasteiger partial charge >= 0.3 is 0 Å². The van der Waals surface area contributed by atoms with E-state index >= 15 is 0 Å². The topological polar surface area (TPSA) is 21.8 Å². The van der Waals surface area contributed by atoms with Gasteiger partial charge in [0.25, 0.3) is 0 Å². The molecule has 1 heterocycles. The van der Waals surface area contributed by atoms with Gasteiger partial charge in [-0.1, -0.05) is 123 Å². The van der Waals surface area contributed by atoms with Gasteiger partial charge in [-0.05, 0) is 72.7 Å². The predicted octanol–water partition coefficient (Wildman–Crippen LogP) is 10.3. The standard InChI is InChI=1S/C30H50.C5H10O2/c1-13-14-18-23(2)25(28(6,7)8)22-29(9,10)30(11,12)26(21-27(3,4)5)24-19-16-15-17-20-24;1-2-6-3-5-4-7-5/h13-20,25-26H,21-22H2,1-12H3;5H,2-4H2,1H3/b14-13-,23-18+;. The van der Waals surface area contributed by atoms with Crippen LogP contribution >= 0.6 is 0 Å². The highest BCUT2D eigenvalue weighted by molar-refractivity contribution is 5.24. The normalized spacial score (nSPS) is 18.8. The lowest BCUT2D eigenvalue weighted by Crippen LogP contribution is -2.42. The fourth-order valence-corrected chi connectivity index (χ4v) is 5.26. The summed E-state index contributed by atoms with van der Waals surface area (Å²) >= 11 is 0. The van der Waals surface area contributed by atoms with E-state index in [1.165, 1.54) is 24.0 Å². The predicted molar refractivity (Wildman–Crippen MR) is 163 cm³/mol. The lowest BCUT2D eigenvalue weighted by atomic mass is 9.53. The molecule has 0 N–H and O–H groups in total. The Labute approximate surface area is 231 Å². The van der Waals surface area contributed by atoms with Crippen LogP contribution in [0.4, 0.5) is 0 Å². The molecule has 2 heteroatoms. The fraction of sp³-hybridized carbons (Fsp3) is 0.714. The second-order valence-electron chi connectivity index (χ2n) is 14.5. The average Bonchev–Trinajstić information content (AvgIpc) is 3.62. The molecule has 1 aromatic rings. The molecular formula is C35H60O2. The number of benzene rings is 1. The van der Waals surface area contributed by atoms with Crippen molar-refractivity contribution in [3.8, 4) is 0 Å². The summed E-state index contributed by atoms with van der Waals surface area (Å²) in [7, 11) is 0. The molecule has 0 bridgehead atoms. The van der Waals surface area contributed by atoms with Crippen LogP contribution in [0.3, 0.4) is 0 Å². The van der Waals surface area contributed by atoms with E-state index in [0.29, 0.717) is 23.4 Å². The summed E-state index contributed by atoms with van der Waals surface area (Å²) < 4.78 is 9.92. The third-order valence-electron chi connectivity index (χ3n) is 8.41. The Morgan fingerprint density at radius 2 is 1.54 bits per heavy atom. The number of hydrogen-bond acceptors (Lipinski definition) is 2. The third kappa shape index (κ3) is 11.5. The first-order valence-electron chi connectivity index (χ1n) is 14.5. The minimum atomic E-state index is 0.159. The van der Waals surface area contributed by atoms with Crippen molar-refractivity contribution in [1.82, 2.24) is 0 Å². The van der Waals surface area contributed by atoms with E-state index in [4.69, 9.17) is 9.47 Å². The smallest absolute Gasteiger partial charge is 0.104 e. The molecule has 0 saturated carbocycles. The van der Waals surface area contributed by atoms with Gasteiger partial charge in [0.05, 0.1) is 13.2 Å². The zero-order valence-corrected chi connectivity index (χ0v) is 26.7. The summed E-state index contributed by atoms with van der Waals surface area (Å²) in [4.78, 5) is 0. The maximum Gasteiger partial charge on any atom is 0.104 e. The lowest BCUT2D eigenvalue weighted by Gasteiger charge is -2.52. The van der Waals surface area contributed by atoms with Gasteiger partial charge in [-0.2, -0.15) is 0 Å². The van der Waals surface area contributed by atoms with Gasteiger partial charge in [-0.3, -0.25) is 0 Å². The molecule has 1 aliphatic heterocycles. The van der Waals surface area contributed by atoms with E-state index < -0.39 is 0 Å². The molecule has 1 saturated heterocycles. The molecular weight excluding hydrogens is 452 g/mol. The Morgan fingerprint density at radius 1 is 0.973 bits per heavy atom. The second-order valence-corrected chi connectivity index (χ2v) is 14.5. The minimum Gasteiger partial charge on any atom is -0.379 e. The molecule has 1 aromatic carbocycles. The first-order valence-corrected chi connectivity index (χ1v) is 14.5. The molecule has 0 aliphatic carbocycles. The van der Waals surface area contributed by atoms with Crippen molar-refractivity contribution >= 4 is 0 Å². The van der Waals surface area contributed by atoms with E-state index in [0.717, 1.165) is 19.8 Å². The number of rotatable bonds is 11. The van der Waals surface area contributed by atoms with Gasteiger partial charge in [-0.25, -0.2) is 0 Å². The van der Waals surface area contributed by atoms with Crippen molar-refractivity contribution in [1.29, 1.82) is 0 Å². The molecule has 1 fully saturated rings. The molecule has 212 valence electrons. The van der Waals surface area contributed by atoms with Crippen molar-refractivity contribution in [3.63, 3.8) is 0 Å². The van der Waals surface area contributed by atoms with E-state index in [1.807, 2.05) is 6.92 Å². The van der Waals surface area contributed by atoms with Gasteiger partial charge in [0.1, 0.15) is 6.10 Å². The summed E-state index contributed by atoms with van der Waals surface area (Å²) in [6.07, 6.45) is 9.46. The lowest BCUT2D eigenvalue weighted by molar-refractivity contribution is 0.0228. The highest BCUT2D eigenvalue weighted by Crippen LogP contribution is 2.57. The van der Waals surface area contributed by atoms with Gasteiger partial charge in [0.15, 0.2) is 0 Å². The molecule has 0 spiro atoms. The molecule has 0 amide bonds. The third-order valence-corrected chi connectivity index (χ3v) is 8.41. The van der Waals surface area contributed by atoms with Crippen LogP contribution in [0.2, 0.25) is 0 Å². The van der Waals surface area contributed by atoms with Crippen LogP contribution in [0.5, 0.6) is 0 Å². The van der Waals surface area contributed by atoms with E-state index in [-0.39, 0.29) is 16.2 Å². The summed E-state index contributed by atoms with van der Waals surface area (Å²) in [6, 6.07) is 11.2. The van der Waals surface area contributed by atoms with Crippen molar-refractivity contribution in [2.45, 2.75) is 115 Å². The molecule has 37 heavy (non-hydrogen) atoms. The molecule has 0 radical (unpaired) electrons. The maximum atomic E-state index is 5.03. The van der Waals surface area contributed by atoms with Crippen LogP contribution < -0.4 is 0 Å². The fourth-order valence-electron chi connectivity index (χ4n) is 5.26. The summed E-state index contributed by atoms with van der Waals surface area (Å²) in [5.74, 6) is 1.07. The van der Waals surface area contributed by atoms with Crippen molar-refractivity contribution in [2.75, 3.05) is 19.8 Å². The molecule has 2 nitrogen and oxygen atoms in total. The molecule has 3 atom stereocenters. The Balaban J connectivity index is 0.000000836. The first kappa shape index (κ1) is 33.6. The molecule has 3 unspecified atom stereocenters. The Bertz CT molecular complexity index is 826. The van der Waals surface area contributed by atoms with E-state index in [9.17, 15) is 0 Å². The quantitative estimate of drug-likeness (QED) is 0.217. The van der Waals surface area contributed by atoms with Crippen LogP contribution in [0.25, 0.3) is 0 Å². The number of ether oxygens (including phenoxy) is 2. The number of allylic oxidation sites excluding steroid dienone is 4. The summed E-state index contributed by atoms with van der Waals surface area (Å²) in [5, 5.41) is 0.